The highest BCUT2D eigenvalue weighted by Crippen LogP contribution is 2.44. The summed E-state index contributed by atoms with van der Waals surface area (Å²) in [7, 11) is -1.80. The van der Waals surface area contributed by atoms with Crippen LogP contribution in [-0.4, -0.2) is 40.4 Å². The van der Waals surface area contributed by atoms with Crippen molar-refractivity contribution in [2.24, 2.45) is 4.99 Å². The average Bonchev–Trinajstić information content (AvgIpc) is 3.43. The predicted molar refractivity (Wildman–Crippen MR) is 133 cm³/mol. The third-order valence-corrected chi connectivity index (χ3v) is 8.25. The van der Waals surface area contributed by atoms with Crippen molar-refractivity contribution in [3.63, 3.8) is 0 Å². The van der Waals surface area contributed by atoms with Gasteiger partial charge in [-0.2, -0.15) is 0 Å². The van der Waals surface area contributed by atoms with E-state index in [-0.39, 0.29) is 16.2 Å². The van der Waals surface area contributed by atoms with E-state index in [0.717, 1.165) is 50.7 Å². The molecule has 34 heavy (non-hydrogen) atoms. The van der Waals surface area contributed by atoms with Crippen LogP contribution in [0, 0.1) is 0 Å². The summed E-state index contributed by atoms with van der Waals surface area (Å²) in [6.07, 6.45) is 7.35. The summed E-state index contributed by atoms with van der Waals surface area (Å²) in [4.78, 5) is 17.2. The number of amidine groups is 1. The van der Waals surface area contributed by atoms with Gasteiger partial charge in [-0.05, 0) is 43.9 Å². The maximum absolute atomic E-state index is 12.5. The van der Waals surface area contributed by atoms with E-state index < -0.39 is 10.0 Å². The number of nitrogens with zero attached hydrogens (tertiary/aromatic N) is 1. The summed E-state index contributed by atoms with van der Waals surface area (Å²) in [5.41, 5.74) is 1.76. The number of methoxy groups -OCH3 is 1. The van der Waals surface area contributed by atoms with Crippen molar-refractivity contribution in [1.82, 2.24) is 10.0 Å². The van der Waals surface area contributed by atoms with Gasteiger partial charge in [0, 0.05) is 36.1 Å². The average molecular weight is 484 g/mol. The van der Waals surface area contributed by atoms with Gasteiger partial charge in [0.1, 0.15) is 11.6 Å². The quantitative estimate of drug-likeness (QED) is 0.501. The summed E-state index contributed by atoms with van der Waals surface area (Å²) < 4.78 is 32.4. The van der Waals surface area contributed by atoms with Crippen molar-refractivity contribution in [2.75, 3.05) is 20.2 Å². The molecule has 7 nitrogen and oxygen atoms in total. The van der Waals surface area contributed by atoms with Gasteiger partial charge in [0.15, 0.2) is 0 Å². The van der Waals surface area contributed by atoms with E-state index in [1.807, 2.05) is 18.2 Å². The Morgan fingerprint density at radius 2 is 1.79 bits per heavy atom. The van der Waals surface area contributed by atoms with Crippen LogP contribution in [0.5, 0.6) is 5.75 Å². The molecule has 0 aromatic heterocycles. The predicted octanol–water partition coefficient (Wildman–Crippen LogP) is 3.92. The number of carbonyl (C=O) groups is 1. The number of para-hydroxylation sites is 1. The Morgan fingerprint density at radius 3 is 2.59 bits per heavy atom. The first kappa shape index (κ1) is 24.3. The third kappa shape index (κ3) is 5.27. The molecule has 1 amide bonds. The molecule has 0 unspecified atom stereocenters. The van der Waals surface area contributed by atoms with E-state index in [2.05, 4.69) is 21.1 Å². The fraction of sp³-hybridized carbons (Fsp3) is 0.462. The Kier molecular flexibility index (Phi) is 7.56. The van der Waals surface area contributed by atoms with E-state index in [1.165, 1.54) is 5.56 Å². The van der Waals surface area contributed by atoms with E-state index >= 15 is 0 Å². The number of hydrogen-bond donors (Lipinski definition) is 2. The molecule has 2 aliphatic rings. The molecule has 0 saturated heterocycles. The Hall–Kier alpha value is -2.87. The molecule has 2 aromatic carbocycles. The topological polar surface area (TPSA) is 96.9 Å². The number of ether oxygens (including phenoxy) is 1. The van der Waals surface area contributed by atoms with Crippen LogP contribution >= 0.6 is 0 Å². The van der Waals surface area contributed by atoms with Gasteiger partial charge in [-0.1, -0.05) is 49.6 Å². The molecule has 0 radical (unpaired) electrons. The fourth-order valence-corrected chi connectivity index (χ4v) is 6.30. The number of rotatable bonds is 10. The lowest BCUT2D eigenvalue weighted by molar-refractivity contribution is -0.121. The van der Waals surface area contributed by atoms with Gasteiger partial charge < -0.3 is 10.1 Å². The standard InChI is InChI=1S/C26H33N3O4S/c1-33-22-13-6-5-12-21(22)26(16-8-9-17-26)19-28-24(30)15-3-2-10-18-27-25-20-11-4-7-14-23(20)34(31,32)29-25/h4-7,11-14H,2-3,8-10,15-19H2,1H3,(H,27,29)(H,28,30). The number of unbranched alkanes of at least 4 members (excludes halogenated alkanes) is 2. The molecule has 0 bridgehead atoms. The van der Waals surface area contributed by atoms with Crippen molar-refractivity contribution < 1.29 is 17.9 Å². The minimum Gasteiger partial charge on any atom is -0.496 e. The van der Waals surface area contributed by atoms with Crippen LogP contribution < -0.4 is 14.8 Å². The zero-order valence-electron chi connectivity index (χ0n) is 19.7. The molecule has 2 aromatic rings. The number of fused-ring (bicyclic) bond motifs is 1. The second-order valence-corrected chi connectivity index (χ2v) is 10.8. The van der Waals surface area contributed by atoms with Crippen LogP contribution in [0.4, 0.5) is 0 Å². The molecule has 1 heterocycles. The van der Waals surface area contributed by atoms with Gasteiger partial charge in [-0.3, -0.25) is 14.5 Å². The molecule has 2 N–H and O–H groups in total. The van der Waals surface area contributed by atoms with Crippen molar-refractivity contribution in [1.29, 1.82) is 0 Å². The van der Waals surface area contributed by atoms with E-state index in [4.69, 9.17) is 4.74 Å². The number of nitrogens with one attached hydrogen (secondary N) is 2. The number of benzene rings is 2. The zero-order chi connectivity index (χ0) is 24.0. The van der Waals surface area contributed by atoms with E-state index in [0.29, 0.717) is 30.9 Å². The van der Waals surface area contributed by atoms with Crippen molar-refractivity contribution >= 4 is 21.8 Å². The second-order valence-electron chi connectivity index (χ2n) is 9.11. The van der Waals surface area contributed by atoms with Gasteiger partial charge >= 0.3 is 0 Å². The van der Waals surface area contributed by atoms with Gasteiger partial charge in [0.2, 0.25) is 5.91 Å². The Labute approximate surface area is 202 Å². The molecule has 8 heteroatoms. The number of sulfonamides is 1. The highest BCUT2D eigenvalue weighted by atomic mass is 32.2. The van der Waals surface area contributed by atoms with Gasteiger partial charge in [-0.15, -0.1) is 0 Å². The number of aliphatic imine (C=N–C) groups is 1. The lowest BCUT2D eigenvalue weighted by Crippen LogP contribution is -2.39. The maximum atomic E-state index is 12.5. The third-order valence-electron chi connectivity index (χ3n) is 6.86. The highest BCUT2D eigenvalue weighted by Gasteiger charge is 2.38. The number of hydrogen-bond acceptors (Lipinski definition) is 5. The first-order valence-electron chi connectivity index (χ1n) is 12.0. The van der Waals surface area contributed by atoms with E-state index in [9.17, 15) is 13.2 Å². The van der Waals surface area contributed by atoms with Gasteiger partial charge in [0.05, 0.1) is 12.0 Å². The monoisotopic (exact) mass is 483 g/mol. The van der Waals surface area contributed by atoms with Crippen molar-refractivity contribution in [3.8, 4) is 5.75 Å². The molecule has 0 spiro atoms. The van der Waals surface area contributed by atoms with Gasteiger partial charge in [0.25, 0.3) is 10.0 Å². The molecular weight excluding hydrogens is 450 g/mol. The van der Waals surface area contributed by atoms with Crippen LogP contribution in [0.25, 0.3) is 0 Å². The first-order chi connectivity index (χ1) is 16.5. The summed E-state index contributed by atoms with van der Waals surface area (Å²) in [6, 6.07) is 15.0. The normalized spacial score (nSPS) is 18.9. The zero-order valence-corrected chi connectivity index (χ0v) is 20.5. The van der Waals surface area contributed by atoms with Crippen molar-refractivity contribution in [3.05, 3.63) is 59.7 Å². The number of carbonyl (C=O) groups excluding carboxylic acids is 1. The minimum absolute atomic E-state index is 0.0523. The summed E-state index contributed by atoms with van der Waals surface area (Å²) >= 11 is 0. The molecule has 1 aliphatic heterocycles. The Bertz CT molecular complexity index is 1150. The minimum atomic E-state index is -3.50. The van der Waals surface area contributed by atoms with Crippen LogP contribution in [-0.2, 0) is 20.2 Å². The SMILES string of the molecule is COc1ccccc1C1(CNC(=O)CCCCCN=C2NS(=O)(=O)c3ccccc32)CCCC1. The molecule has 182 valence electrons. The first-order valence-corrected chi connectivity index (χ1v) is 13.5. The molecule has 1 fully saturated rings. The highest BCUT2D eigenvalue weighted by molar-refractivity contribution is 7.90. The fourth-order valence-electron chi connectivity index (χ4n) is 5.05. The molecule has 4 rings (SSSR count). The van der Waals surface area contributed by atoms with Crippen LogP contribution in [0.1, 0.15) is 62.5 Å². The lowest BCUT2D eigenvalue weighted by atomic mass is 9.78. The van der Waals surface area contributed by atoms with Crippen LogP contribution in [0.3, 0.4) is 0 Å². The molecule has 0 atom stereocenters. The molecular formula is C26H33N3O4S. The second kappa shape index (κ2) is 10.6. The molecule has 1 aliphatic carbocycles. The maximum Gasteiger partial charge on any atom is 0.263 e. The van der Waals surface area contributed by atoms with Crippen molar-refractivity contribution in [2.45, 2.75) is 61.7 Å². The largest absolute Gasteiger partial charge is 0.496 e. The number of amides is 1. The lowest BCUT2D eigenvalue weighted by Gasteiger charge is -2.31. The Morgan fingerprint density at radius 1 is 1.06 bits per heavy atom. The molecule has 1 saturated carbocycles. The van der Waals surface area contributed by atoms with E-state index in [1.54, 1.807) is 31.4 Å². The van der Waals surface area contributed by atoms with Gasteiger partial charge in [-0.25, -0.2) is 8.42 Å². The Balaban J connectivity index is 1.22. The summed E-state index contributed by atoms with van der Waals surface area (Å²) in [5.74, 6) is 1.38. The smallest absolute Gasteiger partial charge is 0.263 e. The summed E-state index contributed by atoms with van der Waals surface area (Å²) in [6.45, 7) is 1.16. The van der Waals surface area contributed by atoms with Crippen LogP contribution in [0.15, 0.2) is 58.4 Å². The summed E-state index contributed by atoms with van der Waals surface area (Å²) in [5, 5.41) is 3.17. The van der Waals surface area contributed by atoms with Crippen LogP contribution in [0.2, 0.25) is 0 Å².